The number of hydrogen-bond donors (Lipinski definition) is 2. The molecule has 0 saturated heterocycles. The second-order valence-corrected chi connectivity index (χ2v) is 4.87. The van der Waals surface area contributed by atoms with Gasteiger partial charge in [-0.25, -0.2) is 0 Å². The smallest absolute Gasteiger partial charge is 0.273 e. The predicted molar refractivity (Wildman–Crippen MR) is 85.1 cm³/mol. The second kappa shape index (κ2) is 8.56. The summed E-state index contributed by atoms with van der Waals surface area (Å²) in [7, 11) is 1.53. The van der Waals surface area contributed by atoms with E-state index in [9.17, 15) is 9.59 Å². The maximum Gasteiger partial charge on any atom is 0.273 e. The van der Waals surface area contributed by atoms with Crippen LogP contribution in [0.5, 0.6) is 11.5 Å². The lowest BCUT2D eigenvalue weighted by molar-refractivity contribution is -0.123. The molecular formula is C16H19N3O5. The van der Waals surface area contributed by atoms with Crippen LogP contribution in [-0.2, 0) is 4.79 Å². The Morgan fingerprint density at radius 1 is 1.17 bits per heavy atom. The molecular weight excluding hydrogens is 314 g/mol. The highest BCUT2D eigenvalue weighted by Gasteiger charge is 2.10. The molecule has 0 saturated carbocycles. The highest BCUT2D eigenvalue weighted by Crippen LogP contribution is 2.25. The zero-order valence-electron chi connectivity index (χ0n) is 13.5. The van der Waals surface area contributed by atoms with E-state index in [4.69, 9.17) is 14.0 Å². The van der Waals surface area contributed by atoms with Crippen LogP contribution in [0.25, 0.3) is 0 Å². The molecule has 0 fully saturated rings. The number of hydrogen-bond acceptors (Lipinski definition) is 6. The second-order valence-electron chi connectivity index (χ2n) is 4.87. The molecule has 0 aliphatic carbocycles. The molecule has 0 radical (unpaired) electrons. The number of methoxy groups -OCH3 is 1. The first-order valence-corrected chi connectivity index (χ1v) is 7.34. The molecule has 0 atom stereocenters. The molecule has 0 unspecified atom stereocenters. The number of nitrogens with one attached hydrogen (secondary N) is 2. The zero-order valence-corrected chi connectivity index (χ0v) is 13.5. The van der Waals surface area contributed by atoms with Gasteiger partial charge in [0, 0.05) is 19.2 Å². The van der Waals surface area contributed by atoms with Crippen molar-refractivity contribution in [3.63, 3.8) is 0 Å². The lowest BCUT2D eigenvalue weighted by Crippen LogP contribution is -2.36. The maximum absolute atomic E-state index is 11.7. The third-order valence-electron chi connectivity index (χ3n) is 3.02. The number of nitrogens with zero attached hydrogens (tertiary/aromatic N) is 1. The number of aryl methyl sites for hydroxylation is 1. The fourth-order valence-corrected chi connectivity index (χ4v) is 1.87. The third-order valence-corrected chi connectivity index (χ3v) is 3.02. The van der Waals surface area contributed by atoms with E-state index in [1.807, 2.05) is 6.07 Å². The van der Waals surface area contributed by atoms with E-state index in [2.05, 4.69) is 15.8 Å². The van der Waals surface area contributed by atoms with E-state index in [1.54, 1.807) is 25.1 Å². The Morgan fingerprint density at radius 3 is 2.54 bits per heavy atom. The largest absolute Gasteiger partial charge is 0.493 e. The third kappa shape index (κ3) is 5.01. The van der Waals surface area contributed by atoms with Gasteiger partial charge in [-0.3, -0.25) is 9.59 Å². The average Bonchev–Trinajstić information content (AvgIpc) is 3.03. The summed E-state index contributed by atoms with van der Waals surface area (Å²) in [5.41, 5.74) is 0.207. The summed E-state index contributed by atoms with van der Waals surface area (Å²) in [4.78, 5) is 23.4. The molecule has 1 aromatic heterocycles. The topological polar surface area (TPSA) is 103 Å². The molecule has 0 spiro atoms. The van der Waals surface area contributed by atoms with Crippen molar-refractivity contribution in [2.75, 3.05) is 26.8 Å². The molecule has 0 aliphatic heterocycles. The minimum absolute atomic E-state index is 0.142. The minimum Gasteiger partial charge on any atom is -0.493 e. The minimum atomic E-state index is -0.355. The summed E-state index contributed by atoms with van der Waals surface area (Å²) < 4.78 is 15.3. The maximum atomic E-state index is 11.7. The standard InChI is InChI=1S/C16H19N3O5/c1-11-9-12(19-24-11)16(21)18-8-7-17-15(20)10-23-14-6-4-3-5-13(14)22-2/h3-6,9H,7-8,10H2,1-2H3,(H,17,20)(H,18,21). The summed E-state index contributed by atoms with van der Waals surface area (Å²) in [6.07, 6.45) is 0. The lowest BCUT2D eigenvalue weighted by atomic mass is 10.3. The first-order valence-electron chi connectivity index (χ1n) is 7.34. The van der Waals surface area contributed by atoms with Crippen molar-refractivity contribution in [1.29, 1.82) is 0 Å². The van der Waals surface area contributed by atoms with Gasteiger partial charge in [-0.05, 0) is 19.1 Å². The van der Waals surface area contributed by atoms with Gasteiger partial charge in [0.05, 0.1) is 7.11 Å². The van der Waals surface area contributed by atoms with Crippen LogP contribution in [0.3, 0.4) is 0 Å². The van der Waals surface area contributed by atoms with Gasteiger partial charge in [0.15, 0.2) is 23.8 Å². The van der Waals surface area contributed by atoms with Crippen LogP contribution in [0.15, 0.2) is 34.9 Å². The molecule has 128 valence electrons. The number of rotatable bonds is 8. The van der Waals surface area contributed by atoms with E-state index >= 15 is 0 Å². The zero-order chi connectivity index (χ0) is 17.4. The van der Waals surface area contributed by atoms with Crippen molar-refractivity contribution >= 4 is 11.8 Å². The fourth-order valence-electron chi connectivity index (χ4n) is 1.87. The molecule has 2 amide bonds. The number of benzene rings is 1. The number of carbonyl (C=O) groups excluding carboxylic acids is 2. The van der Waals surface area contributed by atoms with Gasteiger partial charge in [-0.2, -0.15) is 0 Å². The molecule has 8 heteroatoms. The normalized spacial score (nSPS) is 10.1. The number of para-hydroxylation sites is 2. The molecule has 8 nitrogen and oxygen atoms in total. The van der Waals surface area contributed by atoms with Crippen molar-refractivity contribution in [3.8, 4) is 11.5 Å². The molecule has 2 aromatic rings. The number of ether oxygens (including phenoxy) is 2. The van der Waals surface area contributed by atoms with Gasteiger partial charge < -0.3 is 24.6 Å². The number of aromatic nitrogens is 1. The van der Waals surface area contributed by atoms with Crippen LogP contribution >= 0.6 is 0 Å². The Morgan fingerprint density at radius 2 is 1.88 bits per heavy atom. The van der Waals surface area contributed by atoms with Gasteiger partial charge in [-0.15, -0.1) is 0 Å². The molecule has 0 aliphatic rings. The molecule has 2 N–H and O–H groups in total. The summed E-state index contributed by atoms with van der Waals surface area (Å²) in [5, 5.41) is 8.86. The van der Waals surface area contributed by atoms with Crippen LogP contribution in [0.2, 0.25) is 0 Å². The van der Waals surface area contributed by atoms with Gasteiger partial charge >= 0.3 is 0 Å². The number of carbonyl (C=O) groups is 2. The van der Waals surface area contributed by atoms with Crippen LogP contribution in [0.1, 0.15) is 16.2 Å². The SMILES string of the molecule is COc1ccccc1OCC(=O)NCCNC(=O)c1cc(C)on1. The Hall–Kier alpha value is -3.03. The predicted octanol–water partition coefficient (Wildman–Crippen LogP) is 0.917. The van der Waals surface area contributed by atoms with Crippen molar-refractivity contribution < 1.29 is 23.6 Å². The van der Waals surface area contributed by atoms with Crippen LogP contribution < -0.4 is 20.1 Å². The number of amides is 2. The van der Waals surface area contributed by atoms with E-state index in [-0.39, 0.29) is 37.2 Å². The van der Waals surface area contributed by atoms with E-state index in [1.165, 1.54) is 13.2 Å². The van der Waals surface area contributed by atoms with Crippen molar-refractivity contribution in [3.05, 3.63) is 41.8 Å². The highest BCUT2D eigenvalue weighted by atomic mass is 16.5. The first-order chi connectivity index (χ1) is 11.6. The van der Waals surface area contributed by atoms with E-state index in [0.29, 0.717) is 17.3 Å². The van der Waals surface area contributed by atoms with Crippen molar-refractivity contribution in [1.82, 2.24) is 15.8 Å². The summed E-state index contributed by atoms with van der Waals surface area (Å²) in [6, 6.07) is 8.59. The van der Waals surface area contributed by atoms with Gasteiger partial charge in [-0.1, -0.05) is 17.3 Å². The monoisotopic (exact) mass is 333 g/mol. The van der Waals surface area contributed by atoms with Crippen molar-refractivity contribution in [2.24, 2.45) is 0 Å². The molecule has 1 heterocycles. The Kier molecular flexibility index (Phi) is 6.18. The Labute approximate surface area is 139 Å². The van der Waals surface area contributed by atoms with Crippen LogP contribution in [0, 0.1) is 6.92 Å². The fraction of sp³-hybridized carbons (Fsp3) is 0.312. The Bertz CT molecular complexity index is 699. The molecule has 1 aromatic carbocycles. The molecule has 0 bridgehead atoms. The Balaban J connectivity index is 1.65. The quantitative estimate of drug-likeness (QED) is 0.696. The summed E-state index contributed by atoms with van der Waals surface area (Å²) in [6.45, 7) is 2.10. The van der Waals surface area contributed by atoms with Gasteiger partial charge in [0.25, 0.3) is 11.8 Å². The molecule has 24 heavy (non-hydrogen) atoms. The van der Waals surface area contributed by atoms with Crippen molar-refractivity contribution in [2.45, 2.75) is 6.92 Å². The average molecular weight is 333 g/mol. The van der Waals surface area contributed by atoms with E-state index in [0.717, 1.165) is 0 Å². The first kappa shape index (κ1) is 17.3. The van der Waals surface area contributed by atoms with Gasteiger partial charge in [0.2, 0.25) is 0 Å². The van der Waals surface area contributed by atoms with Crippen LogP contribution in [-0.4, -0.2) is 43.8 Å². The van der Waals surface area contributed by atoms with E-state index < -0.39 is 0 Å². The van der Waals surface area contributed by atoms with Crippen LogP contribution in [0.4, 0.5) is 0 Å². The summed E-state index contributed by atoms with van der Waals surface area (Å²) >= 11 is 0. The highest BCUT2D eigenvalue weighted by molar-refractivity contribution is 5.92. The summed E-state index contributed by atoms with van der Waals surface area (Å²) in [5.74, 6) is 0.950. The van der Waals surface area contributed by atoms with Gasteiger partial charge in [0.1, 0.15) is 5.76 Å². The lowest BCUT2D eigenvalue weighted by Gasteiger charge is -2.10. The molecule has 2 rings (SSSR count).